The van der Waals surface area contributed by atoms with E-state index in [1.807, 2.05) is 17.6 Å². The molecule has 3 aromatic rings. The number of Topliss-reactive ketones (excluding diaryl/α,β-unsaturated/α-hetero) is 1. The maximum atomic E-state index is 13.5. The molecule has 0 unspecified atom stereocenters. The number of aromatic carboxylic acids is 1. The van der Waals surface area contributed by atoms with Crippen molar-refractivity contribution in [2.75, 3.05) is 13.1 Å². The van der Waals surface area contributed by atoms with Crippen LogP contribution < -0.4 is 0 Å². The van der Waals surface area contributed by atoms with Gasteiger partial charge in [0, 0.05) is 25.1 Å². The van der Waals surface area contributed by atoms with Crippen LogP contribution in [0.3, 0.4) is 0 Å². The fourth-order valence-corrected chi connectivity index (χ4v) is 4.59. The monoisotopic (exact) mass is 542 g/mol. The summed E-state index contributed by atoms with van der Waals surface area (Å²) in [5.41, 5.74) is 2.29. The number of ketones is 1. The van der Waals surface area contributed by atoms with Crippen molar-refractivity contribution in [2.45, 2.75) is 52.5 Å². The fraction of sp³-hybridized carbons (Fsp3) is 0.323. The van der Waals surface area contributed by atoms with Crippen molar-refractivity contribution in [1.82, 2.24) is 19.4 Å². The molecule has 1 saturated heterocycles. The SMILES string of the molecule is CCCCc1ncc(C=C2C(=O)N(CCCC)C(=O)N2CC(=O)c2ccccc2)n1Cc1ccc(C(=O)O)cc1. The zero-order valence-electron chi connectivity index (χ0n) is 22.9. The lowest BCUT2D eigenvalue weighted by atomic mass is 10.1. The van der Waals surface area contributed by atoms with Crippen molar-refractivity contribution < 1.29 is 24.3 Å². The highest BCUT2D eigenvalue weighted by Gasteiger charge is 2.41. The summed E-state index contributed by atoms with van der Waals surface area (Å²) in [4.78, 5) is 58.3. The minimum Gasteiger partial charge on any atom is -0.478 e. The molecule has 9 nitrogen and oxygen atoms in total. The fourth-order valence-electron chi connectivity index (χ4n) is 4.59. The molecular weight excluding hydrogens is 508 g/mol. The third kappa shape index (κ3) is 6.36. The molecule has 1 fully saturated rings. The van der Waals surface area contributed by atoms with Crippen LogP contribution >= 0.6 is 0 Å². The van der Waals surface area contributed by atoms with Crippen LogP contribution in [0.1, 0.15) is 77.3 Å². The number of hydrogen-bond donors (Lipinski definition) is 1. The van der Waals surface area contributed by atoms with Crippen molar-refractivity contribution in [3.63, 3.8) is 0 Å². The lowest BCUT2D eigenvalue weighted by molar-refractivity contribution is -0.123. The van der Waals surface area contributed by atoms with E-state index in [1.165, 1.54) is 9.80 Å². The average Bonchev–Trinajstić information content (AvgIpc) is 3.43. The summed E-state index contributed by atoms with van der Waals surface area (Å²) in [5, 5.41) is 9.24. The largest absolute Gasteiger partial charge is 0.478 e. The second kappa shape index (κ2) is 13.0. The van der Waals surface area contributed by atoms with Crippen molar-refractivity contribution >= 4 is 29.8 Å². The summed E-state index contributed by atoms with van der Waals surface area (Å²) in [6.45, 7) is 4.51. The molecule has 9 heteroatoms. The number of carboxylic acids is 1. The quantitative estimate of drug-likeness (QED) is 0.179. The van der Waals surface area contributed by atoms with Crippen molar-refractivity contribution in [1.29, 1.82) is 0 Å². The molecule has 0 bridgehead atoms. The van der Waals surface area contributed by atoms with E-state index >= 15 is 0 Å². The van der Waals surface area contributed by atoms with Gasteiger partial charge >= 0.3 is 12.0 Å². The van der Waals surface area contributed by atoms with Gasteiger partial charge in [0.05, 0.1) is 24.0 Å². The Morgan fingerprint density at radius 3 is 2.25 bits per heavy atom. The molecule has 3 amide bonds. The smallest absolute Gasteiger partial charge is 0.335 e. The molecule has 0 spiro atoms. The van der Waals surface area contributed by atoms with Gasteiger partial charge in [0.2, 0.25) is 0 Å². The van der Waals surface area contributed by atoms with Gasteiger partial charge in [-0.1, -0.05) is 69.2 Å². The number of urea groups is 1. The Hall–Kier alpha value is -4.53. The lowest BCUT2D eigenvalue weighted by Gasteiger charge is -2.17. The number of aryl methyl sites for hydroxylation is 1. The predicted octanol–water partition coefficient (Wildman–Crippen LogP) is 5.26. The number of benzene rings is 2. The Morgan fingerprint density at radius 2 is 1.60 bits per heavy atom. The number of carboxylic acid groups (broad SMARTS) is 1. The Bertz CT molecular complexity index is 1410. The summed E-state index contributed by atoms with van der Waals surface area (Å²) in [5.74, 6) is -0.874. The van der Waals surface area contributed by atoms with Gasteiger partial charge < -0.3 is 9.67 Å². The first-order valence-electron chi connectivity index (χ1n) is 13.6. The lowest BCUT2D eigenvalue weighted by Crippen LogP contribution is -2.36. The Balaban J connectivity index is 1.72. The number of imidazole rings is 1. The molecule has 2 aromatic carbocycles. The van der Waals surface area contributed by atoms with Gasteiger partial charge in [0.25, 0.3) is 5.91 Å². The molecule has 208 valence electrons. The number of unbranched alkanes of at least 4 members (excludes halogenated alkanes) is 2. The summed E-state index contributed by atoms with van der Waals surface area (Å²) in [6, 6.07) is 14.8. The highest BCUT2D eigenvalue weighted by Crippen LogP contribution is 2.26. The number of amides is 3. The normalized spacial score (nSPS) is 14.4. The number of aromatic nitrogens is 2. The molecule has 0 aliphatic carbocycles. The summed E-state index contributed by atoms with van der Waals surface area (Å²) in [6.07, 6.45) is 7.41. The van der Waals surface area contributed by atoms with Gasteiger partial charge in [-0.25, -0.2) is 14.6 Å². The molecule has 1 aliphatic rings. The van der Waals surface area contributed by atoms with E-state index in [0.29, 0.717) is 24.2 Å². The number of carbonyl (C=O) groups is 4. The maximum absolute atomic E-state index is 13.5. The van der Waals surface area contributed by atoms with Crippen LogP contribution in [0.4, 0.5) is 4.79 Å². The van der Waals surface area contributed by atoms with Gasteiger partial charge in [-0.05, 0) is 36.6 Å². The standard InChI is InChI=1S/C31H34N4O5/c1-3-5-12-28-32-19-25(34(28)20-22-13-15-24(16-14-22)30(38)39)18-26-29(37)33(17-6-4-2)31(40)35(26)21-27(36)23-10-8-7-9-11-23/h7-11,13-16,18-19H,3-6,12,17,20-21H2,1-2H3,(H,38,39). The molecular formula is C31H34N4O5. The topological polar surface area (TPSA) is 113 Å². The maximum Gasteiger partial charge on any atom is 0.335 e. The minimum absolute atomic E-state index is 0.134. The van der Waals surface area contributed by atoms with E-state index in [2.05, 4.69) is 11.9 Å². The van der Waals surface area contributed by atoms with E-state index in [9.17, 15) is 24.3 Å². The second-order valence-corrected chi connectivity index (χ2v) is 9.79. The van der Waals surface area contributed by atoms with Crippen LogP contribution in [0.15, 0.2) is 66.5 Å². The molecule has 2 heterocycles. The molecule has 4 rings (SSSR count). The molecule has 1 aromatic heterocycles. The Labute approximate surface area is 233 Å². The van der Waals surface area contributed by atoms with E-state index in [0.717, 1.165) is 37.1 Å². The molecule has 0 radical (unpaired) electrons. The Morgan fingerprint density at radius 1 is 0.900 bits per heavy atom. The number of nitrogens with zero attached hydrogens (tertiary/aromatic N) is 4. The van der Waals surface area contributed by atoms with Crippen molar-refractivity contribution in [3.8, 4) is 0 Å². The van der Waals surface area contributed by atoms with Gasteiger partial charge in [-0.15, -0.1) is 0 Å². The third-order valence-electron chi connectivity index (χ3n) is 6.90. The van der Waals surface area contributed by atoms with Crippen molar-refractivity contribution in [2.24, 2.45) is 0 Å². The number of rotatable bonds is 13. The first-order chi connectivity index (χ1) is 19.3. The van der Waals surface area contributed by atoms with Gasteiger partial charge in [0.1, 0.15) is 11.5 Å². The van der Waals surface area contributed by atoms with Crippen LogP contribution in [0.2, 0.25) is 0 Å². The predicted molar refractivity (Wildman–Crippen MR) is 151 cm³/mol. The van der Waals surface area contributed by atoms with Crippen molar-refractivity contribution in [3.05, 3.63) is 94.7 Å². The zero-order valence-corrected chi connectivity index (χ0v) is 22.9. The molecule has 40 heavy (non-hydrogen) atoms. The van der Waals surface area contributed by atoms with E-state index in [4.69, 9.17) is 0 Å². The highest BCUT2D eigenvalue weighted by atomic mass is 16.4. The molecule has 0 saturated carbocycles. The van der Waals surface area contributed by atoms with Crippen LogP contribution in [-0.2, 0) is 17.8 Å². The number of hydrogen-bond acceptors (Lipinski definition) is 5. The average molecular weight is 543 g/mol. The van der Waals surface area contributed by atoms with Crippen LogP contribution in [0, 0.1) is 0 Å². The van der Waals surface area contributed by atoms with Gasteiger partial charge in [0.15, 0.2) is 5.78 Å². The second-order valence-electron chi connectivity index (χ2n) is 9.79. The summed E-state index contributed by atoms with van der Waals surface area (Å²) < 4.78 is 1.97. The summed E-state index contributed by atoms with van der Waals surface area (Å²) in [7, 11) is 0. The first-order valence-corrected chi connectivity index (χ1v) is 13.6. The van der Waals surface area contributed by atoms with E-state index in [-0.39, 0.29) is 30.1 Å². The van der Waals surface area contributed by atoms with Crippen LogP contribution in [0.5, 0.6) is 0 Å². The van der Waals surface area contributed by atoms with E-state index < -0.39 is 17.9 Å². The zero-order chi connectivity index (χ0) is 28.6. The molecule has 1 aliphatic heterocycles. The first kappa shape index (κ1) is 28.5. The van der Waals surface area contributed by atoms with Crippen LogP contribution in [0.25, 0.3) is 6.08 Å². The van der Waals surface area contributed by atoms with Gasteiger partial charge in [-0.2, -0.15) is 0 Å². The number of carbonyl (C=O) groups excluding carboxylic acids is 3. The molecule has 1 N–H and O–H groups in total. The summed E-state index contributed by atoms with van der Waals surface area (Å²) >= 11 is 0. The molecule has 0 atom stereocenters. The number of imide groups is 1. The highest BCUT2D eigenvalue weighted by molar-refractivity contribution is 6.15. The minimum atomic E-state index is -0.995. The third-order valence-corrected chi connectivity index (χ3v) is 6.90. The van der Waals surface area contributed by atoms with Gasteiger partial charge in [-0.3, -0.25) is 19.4 Å². The van der Waals surface area contributed by atoms with E-state index in [1.54, 1.807) is 60.8 Å². The van der Waals surface area contributed by atoms with Crippen LogP contribution in [-0.4, -0.2) is 61.2 Å². The Kier molecular flexibility index (Phi) is 9.27.